The molecule has 1 aliphatic rings. The van der Waals surface area contributed by atoms with Gasteiger partial charge in [0.1, 0.15) is 5.75 Å². The summed E-state index contributed by atoms with van der Waals surface area (Å²) in [7, 11) is -4.95. The van der Waals surface area contributed by atoms with Crippen molar-refractivity contribution in [1.82, 2.24) is 0 Å². The minimum atomic E-state index is -4.95. The predicted molar refractivity (Wildman–Crippen MR) is 172 cm³/mol. The van der Waals surface area contributed by atoms with E-state index in [0.29, 0.717) is 11.1 Å². The van der Waals surface area contributed by atoms with Gasteiger partial charge in [-0.15, -0.1) is 0 Å². The van der Waals surface area contributed by atoms with E-state index in [0.717, 1.165) is 23.1 Å². The third-order valence-corrected chi connectivity index (χ3v) is 10.1. The Balaban J connectivity index is 1.63. The molecule has 0 spiro atoms. The highest BCUT2D eigenvalue weighted by Gasteiger charge is 2.48. The maximum atomic E-state index is 12.7. The van der Waals surface area contributed by atoms with Gasteiger partial charge in [-0.1, -0.05) is 136 Å². The molecule has 3 N–H and O–H groups in total. The third-order valence-electron chi connectivity index (χ3n) is 8.84. The Morgan fingerprint density at radius 1 is 0.837 bits per heavy atom. The number of aliphatic hydroxyl groups is 1. The van der Waals surface area contributed by atoms with Gasteiger partial charge in [0.15, 0.2) is 0 Å². The first-order valence-electron chi connectivity index (χ1n) is 14.5. The monoisotopic (exact) mass is 594 g/mol. The van der Waals surface area contributed by atoms with Gasteiger partial charge in [-0.2, -0.15) is 8.42 Å². The number of hydrogen-bond acceptors (Lipinski definition) is 4. The fourth-order valence-electron chi connectivity index (χ4n) is 6.18. The smallest absolute Gasteiger partial charge is 0.299 e. The van der Waals surface area contributed by atoms with Gasteiger partial charge in [-0.25, -0.2) is 0 Å². The lowest BCUT2D eigenvalue weighted by molar-refractivity contribution is 0.143. The number of allylic oxidation sites excluding steroid dienone is 2. The Labute approximate surface area is 254 Å². The number of hydrogen-bond donors (Lipinski definition) is 3. The van der Waals surface area contributed by atoms with Crippen LogP contribution in [0.3, 0.4) is 0 Å². The second-order valence-electron chi connectivity index (χ2n) is 12.0. The first-order chi connectivity index (χ1) is 20.4. The maximum absolute atomic E-state index is 12.7. The highest BCUT2D eigenvalue weighted by molar-refractivity contribution is 7.87. The summed E-state index contributed by atoms with van der Waals surface area (Å²) in [6, 6.07) is 34.8. The van der Waals surface area contributed by atoms with Crippen LogP contribution in [0, 0.1) is 0 Å². The van der Waals surface area contributed by atoms with Crippen LogP contribution in [0.25, 0.3) is 0 Å². The average Bonchev–Trinajstić information content (AvgIpc) is 3.01. The standard InChI is InChI=1S/C37H38O5S/c1-26(27-13-7-4-8-14-27)23-32(28-15-9-5-10-16-28)29-21-22-37(39,43(40,41)42)33(24-29)30-19-20-35(38)34(25-30)36(2,3)31-17-11-6-12-18-31/h4-22,24-26,32-33,38-39H,23H2,1-3H3,(H,40,41,42). The van der Waals surface area contributed by atoms with Crippen molar-refractivity contribution in [3.63, 3.8) is 0 Å². The predicted octanol–water partition coefficient (Wildman–Crippen LogP) is 7.85. The number of rotatable bonds is 9. The molecule has 4 aromatic carbocycles. The van der Waals surface area contributed by atoms with E-state index < -0.39 is 26.4 Å². The first kappa shape index (κ1) is 30.5. The molecular weight excluding hydrogens is 556 g/mol. The van der Waals surface area contributed by atoms with E-state index in [9.17, 15) is 23.2 Å². The van der Waals surface area contributed by atoms with Crippen molar-refractivity contribution < 1.29 is 23.2 Å². The lowest BCUT2D eigenvalue weighted by Gasteiger charge is -2.35. The van der Waals surface area contributed by atoms with Crippen LogP contribution >= 0.6 is 0 Å². The molecule has 0 fully saturated rings. The second-order valence-corrected chi connectivity index (χ2v) is 13.6. The normalized spacial score (nSPS) is 20.3. The summed E-state index contributed by atoms with van der Waals surface area (Å²) in [5.41, 5.74) is 4.47. The highest BCUT2D eigenvalue weighted by Crippen LogP contribution is 2.46. The molecule has 222 valence electrons. The molecule has 6 heteroatoms. The Hall–Kier alpha value is -3.97. The summed E-state index contributed by atoms with van der Waals surface area (Å²) in [4.78, 5) is -2.59. The lowest BCUT2D eigenvalue weighted by Crippen LogP contribution is -2.43. The zero-order valence-corrected chi connectivity index (χ0v) is 25.4. The second kappa shape index (κ2) is 12.0. The fourth-order valence-corrected chi connectivity index (χ4v) is 6.94. The fraction of sp³-hybridized carbons (Fsp3) is 0.243. The summed E-state index contributed by atoms with van der Waals surface area (Å²) in [5, 5.41) is 22.6. The first-order valence-corrected chi connectivity index (χ1v) is 15.9. The van der Waals surface area contributed by atoms with E-state index >= 15 is 0 Å². The van der Waals surface area contributed by atoms with Crippen LogP contribution in [0.5, 0.6) is 5.75 Å². The van der Waals surface area contributed by atoms with Gasteiger partial charge in [-0.3, -0.25) is 4.55 Å². The molecule has 5 nitrogen and oxygen atoms in total. The van der Waals surface area contributed by atoms with Gasteiger partial charge in [0, 0.05) is 16.9 Å². The van der Waals surface area contributed by atoms with Gasteiger partial charge in [0.05, 0.1) is 5.92 Å². The van der Waals surface area contributed by atoms with E-state index in [1.807, 2.05) is 80.6 Å². The lowest BCUT2D eigenvalue weighted by atomic mass is 9.74. The van der Waals surface area contributed by atoms with Crippen molar-refractivity contribution >= 4 is 10.1 Å². The Morgan fingerprint density at radius 2 is 1.40 bits per heavy atom. The van der Waals surface area contributed by atoms with Gasteiger partial charge in [-0.05, 0) is 52.3 Å². The number of phenols is 1. The molecule has 4 atom stereocenters. The van der Waals surface area contributed by atoms with Crippen molar-refractivity contribution in [2.75, 3.05) is 0 Å². The van der Waals surface area contributed by atoms with Crippen LogP contribution in [-0.4, -0.2) is 28.1 Å². The SMILES string of the molecule is CC(CC(C1=CC(c2ccc(O)c(C(C)(C)c3ccccc3)c2)C(O)(S(=O)(=O)O)C=C1)c1ccccc1)c1ccccc1. The summed E-state index contributed by atoms with van der Waals surface area (Å²) in [6.45, 7) is 6.13. The molecule has 4 unspecified atom stereocenters. The van der Waals surface area contributed by atoms with E-state index in [1.165, 1.54) is 17.7 Å². The van der Waals surface area contributed by atoms with E-state index in [4.69, 9.17) is 0 Å². The largest absolute Gasteiger partial charge is 0.508 e. The topological polar surface area (TPSA) is 94.8 Å². The molecule has 0 radical (unpaired) electrons. The highest BCUT2D eigenvalue weighted by atomic mass is 32.2. The van der Waals surface area contributed by atoms with E-state index in [1.54, 1.807) is 24.3 Å². The van der Waals surface area contributed by atoms with Crippen molar-refractivity contribution in [3.8, 4) is 5.75 Å². The zero-order valence-electron chi connectivity index (χ0n) is 24.6. The molecule has 1 aliphatic carbocycles. The van der Waals surface area contributed by atoms with E-state index in [2.05, 4.69) is 31.2 Å². The molecule has 0 bridgehead atoms. The zero-order chi connectivity index (χ0) is 30.8. The van der Waals surface area contributed by atoms with Crippen LogP contribution in [0.15, 0.2) is 133 Å². The van der Waals surface area contributed by atoms with Crippen LogP contribution in [0.4, 0.5) is 0 Å². The molecule has 0 amide bonds. The third kappa shape index (κ3) is 6.09. The van der Waals surface area contributed by atoms with Gasteiger partial charge >= 0.3 is 0 Å². The summed E-state index contributed by atoms with van der Waals surface area (Å²) in [6.07, 6.45) is 5.31. The molecule has 0 aliphatic heterocycles. The van der Waals surface area contributed by atoms with E-state index in [-0.39, 0.29) is 17.6 Å². The van der Waals surface area contributed by atoms with Gasteiger partial charge in [0.25, 0.3) is 10.1 Å². The Morgan fingerprint density at radius 3 is 1.98 bits per heavy atom. The number of benzene rings is 4. The van der Waals surface area contributed by atoms with Gasteiger partial charge < -0.3 is 10.2 Å². The Kier molecular flexibility index (Phi) is 8.48. The van der Waals surface area contributed by atoms with Crippen LogP contribution in [0.1, 0.15) is 72.8 Å². The summed E-state index contributed by atoms with van der Waals surface area (Å²) < 4.78 is 35.8. The van der Waals surface area contributed by atoms with Crippen molar-refractivity contribution in [2.24, 2.45) is 0 Å². The van der Waals surface area contributed by atoms with Crippen LogP contribution in [0.2, 0.25) is 0 Å². The quantitative estimate of drug-likeness (QED) is 0.172. The Bertz CT molecular complexity index is 1730. The summed E-state index contributed by atoms with van der Waals surface area (Å²) >= 11 is 0. The summed E-state index contributed by atoms with van der Waals surface area (Å²) in [5.74, 6) is -0.999. The molecule has 0 aromatic heterocycles. The average molecular weight is 595 g/mol. The molecular formula is C37H38O5S. The van der Waals surface area contributed by atoms with Crippen LogP contribution in [-0.2, 0) is 15.5 Å². The minimum absolute atomic E-state index is 0.0578. The molecule has 4 aromatic rings. The van der Waals surface area contributed by atoms with Gasteiger partial charge in [0.2, 0.25) is 4.93 Å². The molecule has 43 heavy (non-hydrogen) atoms. The maximum Gasteiger partial charge on any atom is 0.299 e. The van der Waals surface area contributed by atoms with Crippen molar-refractivity contribution in [1.29, 1.82) is 0 Å². The molecule has 0 saturated heterocycles. The van der Waals surface area contributed by atoms with Crippen molar-refractivity contribution in [3.05, 3.63) is 161 Å². The molecule has 0 saturated carbocycles. The minimum Gasteiger partial charge on any atom is -0.508 e. The van der Waals surface area contributed by atoms with Crippen LogP contribution < -0.4 is 0 Å². The number of phenolic OH excluding ortho intramolecular Hbond substituents is 1. The molecule has 5 rings (SSSR count). The molecule has 0 heterocycles. The van der Waals surface area contributed by atoms with Crippen molar-refractivity contribution in [2.45, 2.75) is 55.3 Å². The number of aromatic hydroxyl groups is 1.